The molecule has 0 aliphatic heterocycles. The number of ether oxygens (including phenoxy) is 1. The second-order valence-electron chi connectivity index (χ2n) is 8.26. The number of amides is 1. The summed E-state index contributed by atoms with van der Waals surface area (Å²) in [6, 6.07) is 18.3. The van der Waals surface area contributed by atoms with Gasteiger partial charge in [0.25, 0.3) is 11.5 Å². The summed E-state index contributed by atoms with van der Waals surface area (Å²) in [5, 5.41) is 7.43. The average molecular weight is 444 g/mol. The molecule has 0 unspecified atom stereocenters. The van der Waals surface area contributed by atoms with E-state index in [-0.39, 0.29) is 24.1 Å². The van der Waals surface area contributed by atoms with Gasteiger partial charge in [-0.3, -0.25) is 9.59 Å². The number of rotatable bonds is 6. The van der Waals surface area contributed by atoms with Crippen molar-refractivity contribution in [2.75, 3.05) is 0 Å². The number of aromatic amines is 1. The molecule has 4 aromatic rings. The first-order valence-electron chi connectivity index (χ1n) is 11.2. The van der Waals surface area contributed by atoms with Crippen molar-refractivity contribution in [3.8, 4) is 17.1 Å². The Kier molecular flexibility index (Phi) is 5.89. The minimum Gasteiger partial charge on any atom is -0.487 e. The zero-order valence-corrected chi connectivity index (χ0v) is 18.2. The summed E-state index contributed by atoms with van der Waals surface area (Å²) < 4.78 is 7.17. The molecular weight excluding hydrogens is 418 g/mol. The molecule has 1 aliphatic carbocycles. The molecule has 168 valence electrons. The number of nitrogens with zero attached hydrogens (tertiary/aromatic N) is 3. The molecule has 8 heteroatoms. The maximum atomic E-state index is 12.8. The van der Waals surface area contributed by atoms with Crippen LogP contribution >= 0.6 is 0 Å². The van der Waals surface area contributed by atoms with Crippen LogP contribution in [0.25, 0.3) is 17.2 Å². The number of hydrogen-bond donors (Lipinski definition) is 2. The molecule has 2 aromatic carbocycles. The molecule has 5 rings (SSSR count). The van der Waals surface area contributed by atoms with Gasteiger partial charge in [-0.05, 0) is 25.0 Å². The summed E-state index contributed by atoms with van der Waals surface area (Å²) in [5.74, 6) is 1.14. The third-order valence-electron chi connectivity index (χ3n) is 5.87. The van der Waals surface area contributed by atoms with Crippen molar-refractivity contribution in [2.45, 2.75) is 44.8 Å². The van der Waals surface area contributed by atoms with E-state index in [2.05, 4.69) is 20.4 Å². The average Bonchev–Trinajstić information content (AvgIpc) is 3.29. The lowest BCUT2D eigenvalue weighted by atomic mass is 9.95. The summed E-state index contributed by atoms with van der Waals surface area (Å²) >= 11 is 0. The van der Waals surface area contributed by atoms with Crippen molar-refractivity contribution in [3.05, 3.63) is 82.3 Å². The monoisotopic (exact) mass is 443 g/mol. The van der Waals surface area contributed by atoms with Crippen molar-refractivity contribution in [2.24, 2.45) is 0 Å². The molecule has 1 aliphatic rings. The number of fused-ring (bicyclic) bond motifs is 1. The third kappa shape index (κ3) is 4.64. The van der Waals surface area contributed by atoms with E-state index in [0.29, 0.717) is 28.6 Å². The number of hydrogen-bond acceptors (Lipinski definition) is 5. The van der Waals surface area contributed by atoms with E-state index in [1.807, 2.05) is 42.5 Å². The van der Waals surface area contributed by atoms with Crippen LogP contribution in [0.3, 0.4) is 0 Å². The van der Waals surface area contributed by atoms with Gasteiger partial charge in [-0.1, -0.05) is 61.7 Å². The van der Waals surface area contributed by atoms with Gasteiger partial charge in [-0.25, -0.2) is 0 Å². The Morgan fingerprint density at radius 1 is 1.06 bits per heavy atom. The van der Waals surface area contributed by atoms with Crippen molar-refractivity contribution >= 4 is 11.7 Å². The van der Waals surface area contributed by atoms with Gasteiger partial charge in [-0.2, -0.15) is 9.50 Å². The van der Waals surface area contributed by atoms with Crippen molar-refractivity contribution in [3.63, 3.8) is 0 Å². The van der Waals surface area contributed by atoms with E-state index in [9.17, 15) is 9.59 Å². The molecule has 8 nitrogen and oxygen atoms in total. The van der Waals surface area contributed by atoms with E-state index in [1.54, 1.807) is 12.1 Å². The number of nitrogens with one attached hydrogen (secondary N) is 2. The summed E-state index contributed by atoms with van der Waals surface area (Å²) in [4.78, 5) is 33.0. The summed E-state index contributed by atoms with van der Waals surface area (Å²) in [5.41, 5.74) is 1.55. The first-order valence-corrected chi connectivity index (χ1v) is 11.2. The van der Waals surface area contributed by atoms with Gasteiger partial charge in [0, 0.05) is 17.7 Å². The number of H-pyrrole nitrogens is 1. The van der Waals surface area contributed by atoms with Gasteiger partial charge in [0.2, 0.25) is 5.78 Å². The van der Waals surface area contributed by atoms with E-state index >= 15 is 0 Å². The van der Waals surface area contributed by atoms with Crippen LogP contribution in [-0.4, -0.2) is 31.5 Å². The molecule has 1 saturated carbocycles. The molecule has 33 heavy (non-hydrogen) atoms. The molecular formula is C25H25N5O3. The van der Waals surface area contributed by atoms with Gasteiger partial charge in [-0.15, -0.1) is 5.10 Å². The van der Waals surface area contributed by atoms with Crippen LogP contribution < -0.4 is 15.6 Å². The number of carbonyl (C=O) groups excluding carboxylic acids is 1. The van der Waals surface area contributed by atoms with E-state index < -0.39 is 0 Å². The summed E-state index contributed by atoms with van der Waals surface area (Å²) in [6.45, 7) is 0.0903. The lowest BCUT2D eigenvalue weighted by molar-refractivity contribution is 0.0923. The molecule has 0 spiro atoms. The highest BCUT2D eigenvalue weighted by Crippen LogP contribution is 2.22. The molecule has 2 heterocycles. The van der Waals surface area contributed by atoms with Crippen LogP contribution in [0.2, 0.25) is 0 Å². The number of carbonyl (C=O) groups is 1. The standard InChI is InChI=1S/C25H25N5O3/c31-22-15-19(27-25-28-23(29-30(22)25)17-9-3-1-4-10-17)16-33-21-14-8-7-13-20(21)24(32)26-18-11-5-2-6-12-18/h1,3-4,7-10,13-15,18H,2,5-6,11-12,16H2,(H,26,32)(H,27,28,29). The van der Waals surface area contributed by atoms with Crippen molar-refractivity contribution in [1.29, 1.82) is 0 Å². The largest absolute Gasteiger partial charge is 0.487 e. The highest BCUT2D eigenvalue weighted by Gasteiger charge is 2.19. The Bertz CT molecular complexity index is 1320. The van der Waals surface area contributed by atoms with Crippen LogP contribution in [0.4, 0.5) is 0 Å². The van der Waals surface area contributed by atoms with E-state index in [1.165, 1.54) is 17.0 Å². The van der Waals surface area contributed by atoms with E-state index in [4.69, 9.17) is 4.74 Å². The first kappa shape index (κ1) is 20.9. The van der Waals surface area contributed by atoms with Gasteiger partial charge in [0.05, 0.1) is 11.3 Å². The molecule has 2 N–H and O–H groups in total. The van der Waals surface area contributed by atoms with Gasteiger partial charge in [0.15, 0.2) is 5.82 Å². The summed E-state index contributed by atoms with van der Waals surface area (Å²) in [6.07, 6.45) is 5.55. The minimum atomic E-state index is -0.305. The fourth-order valence-electron chi connectivity index (χ4n) is 4.17. The maximum Gasteiger partial charge on any atom is 0.276 e. The molecule has 0 atom stereocenters. The van der Waals surface area contributed by atoms with Crippen LogP contribution in [-0.2, 0) is 6.61 Å². The molecule has 0 saturated heterocycles. The van der Waals surface area contributed by atoms with Crippen LogP contribution in [0, 0.1) is 0 Å². The Balaban J connectivity index is 1.34. The smallest absolute Gasteiger partial charge is 0.276 e. The van der Waals surface area contributed by atoms with E-state index in [0.717, 1.165) is 31.2 Å². The number of para-hydroxylation sites is 1. The van der Waals surface area contributed by atoms with Crippen LogP contribution in [0.15, 0.2) is 65.5 Å². The van der Waals surface area contributed by atoms with Gasteiger partial charge in [0.1, 0.15) is 12.4 Å². The van der Waals surface area contributed by atoms with Crippen molar-refractivity contribution in [1.82, 2.24) is 24.9 Å². The zero-order valence-electron chi connectivity index (χ0n) is 18.2. The Hall–Kier alpha value is -3.94. The predicted octanol–water partition coefficient (Wildman–Crippen LogP) is 3.73. The summed E-state index contributed by atoms with van der Waals surface area (Å²) in [7, 11) is 0. The SMILES string of the molecule is O=C(NC1CCCCC1)c1ccccc1OCc1cc(=O)n2nc(-c3ccccc3)nc2[nH]1. The quantitative estimate of drug-likeness (QED) is 0.473. The number of aromatic nitrogens is 4. The second-order valence-corrected chi connectivity index (χ2v) is 8.26. The fourth-order valence-corrected chi connectivity index (χ4v) is 4.17. The molecule has 0 radical (unpaired) electrons. The normalized spacial score (nSPS) is 14.3. The van der Waals surface area contributed by atoms with Gasteiger partial charge >= 0.3 is 0 Å². The molecule has 1 amide bonds. The lowest BCUT2D eigenvalue weighted by Crippen LogP contribution is -2.36. The topological polar surface area (TPSA) is 101 Å². The first-order chi connectivity index (χ1) is 16.2. The highest BCUT2D eigenvalue weighted by atomic mass is 16.5. The number of benzene rings is 2. The second kappa shape index (κ2) is 9.28. The molecule has 2 aromatic heterocycles. The highest BCUT2D eigenvalue weighted by molar-refractivity contribution is 5.97. The zero-order chi connectivity index (χ0) is 22.6. The van der Waals surface area contributed by atoms with Crippen LogP contribution in [0.5, 0.6) is 5.75 Å². The van der Waals surface area contributed by atoms with Gasteiger partial charge < -0.3 is 15.0 Å². The Labute approximate surface area is 190 Å². The fraction of sp³-hybridized carbons (Fsp3) is 0.280. The Morgan fingerprint density at radius 2 is 1.82 bits per heavy atom. The Morgan fingerprint density at radius 3 is 2.64 bits per heavy atom. The van der Waals surface area contributed by atoms with Crippen LogP contribution in [0.1, 0.15) is 48.2 Å². The molecule has 0 bridgehead atoms. The lowest BCUT2D eigenvalue weighted by Gasteiger charge is -2.23. The third-order valence-corrected chi connectivity index (χ3v) is 5.87. The predicted molar refractivity (Wildman–Crippen MR) is 124 cm³/mol. The van der Waals surface area contributed by atoms with Crippen molar-refractivity contribution < 1.29 is 9.53 Å². The molecule has 1 fully saturated rings. The minimum absolute atomic E-state index is 0.0903. The maximum absolute atomic E-state index is 12.8.